The van der Waals surface area contributed by atoms with E-state index in [-0.39, 0.29) is 0 Å². The summed E-state index contributed by atoms with van der Waals surface area (Å²) in [7, 11) is 1.77. The second-order valence-electron chi connectivity index (χ2n) is 4.23. The molecule has 1 aliphatic heterocycles. The Kier molecular flexibility index (Phi) is 4.09. The fourth-order valence-electron chi connectivity index (χ4n) is 2.19. The van der Waals surface area contributed by atoms with Gasteiger partial charge >= 0.3 is 0 Å². The molecule has 1 aliphatic rings. The van der Waals surface area contributed by atoms with Crippen LogP contribution in [0.3, 0.4) is 0 Å². The van der Waals surface area contributed by atoms with E-state index in [0.717, 1.165) is 31.2 Å². The summed E-state index contributed by atoms with van der Waals surface area (Å²) in [5.41, 5.74) is 5.57. The van der Waals surface area contributed by atoms with Crippen LogP contribution in [0.5, 0.6) is 0 Å². The topological polar surface area (TPSA) is 64.3 Å². The van der Waals surface area contributed by atoms with Gasteiger partial charge in [-0.15, -0.1) is 10.2 Å². The number of piperidine rings is 1. The van der Waals surface area contributed by atoms with Crippen LogP contribution in [0.2, 0.25) is 0 Å². The molecule has 2 rings (SSSR count). The first-order valence-electron chi connectivity index (χ1n) is 5.57. The van der Waals surface area contributed by atoms with Crippen LogP contribution in [0.4, 0.5) is 5.13 Å². The third-order valence-electron chi connectivity index (χ3n) is 2.85. The van der Waals surface area contributed by atoms with Crippen molar-refractivity contribution in [2.75, 3.05) is 32.5 Å². The first-order chi connectivity index (χ1) is 7.78. The van der Waals surface area contributed by atoms with Crippen molar-refractivity contribution in [3.63, 3.8) is 0 Å². The van der Waals surface area contributed by atoms with Crippen molar-refractivity contribution in [2.24, 2.45) is 5.92 Å². The Bertz CT molecular complexity index is 328. The normalized spacial score (nSPS) is 22.4. The van der Waals surface area contributed by atoms with Crippen molar-refractivity contribution in [1.82, 2.24) is 15.1 Å². The molecule has 0 radical (unpaired) electrons. The Morgan fingerprint density at radius 2 is 2.44 bits per heavy atom. The average Bonchev–Trinajstić information content (AvgIpc) is 2.65. The van der Waals surface area contributed by atoms with Gasteiger partial charge in [-0.3, -0.25) is 4.90 Å². The maximum atomic E-state index is 5.57. The van der Waals surface area contributed by atoms with E-state index in [1.807, 2.05) is 0 Å². The lowest BCUT2D eigenvalue weighted by atomic mass is 9.99. The lowest BCUT2D eigenvalue weighted by Gasteiger charge is -2.31. The van der Waals surface area contributed by atoms with Crippen LogP contribution in [-0.2, 0) is 11.3 Å². The highest BCUT2D eigenvalue weighted by Gasteiger charge is 2.20. The fourth-order valence-corrected chi connectivity index (χ4v) is 2.84. The molecule has 0 amide bonds. The minimum atomic E-state index is 0.556. The molecule has 1 aromatic heterocycles. The number of hydrogen-bond acceptors (Lipinski definition) is 6. The molecule has 2 heterocycles. The molecule has 0 saturated carbocycles. The predicted molar refractivity (Wildman–Crippen MR) is 64.2 cm³/mol. The number of likely N-dealkylation sites (tertiary alicyclic amines) is 1. The molecular formula is C10H18N4OS. The average molecular weight is 242 g/mol. The second kappa shape index (κ2) is 5.56. The molecule has 1 fully saturated rings. The van der Waals surface area contributed by atoms with Gasteiger partial charge in [0.25, 0.3) is 0 Å². The second-order valence-corrected chi connectivity index (χ2v) is 5.33. The minimum absolute atomic E-state index is 0.556. The smallest absolute Gasteiger partial charge is 0.203 e. The number of methoxy groups -OCH3 is 1. The van der Waals surface area contributed by atoms with E-state index in [0.29, 0.717) is 11.0 Å². The zero-order valence-corrected chi connectivity index (χ0v) is 10.4. The molecule has 6 heteroatoms. The summed E-state index contributed by atoms with van der Waals surface area (Å²) in [6.45, 7) is 3.96. The number of aromatic nitrogens is 2. The van der Waals surface area contributed by atoms with E-state index < -0.39 is 0 Å². The van der Waals surface area contributed by atoms with Crippen molar-refractivity contribution < 1.29 is 4.74 Å². The van der Waals surface area contributed by atoms with Crippen LogP contribution >= 0.6 is 11.3 Å². The third kappa shape index (κ3) is 3.13. The van der Waals surface area contributed by atoms with E-state index >= 15 is 0 Å². The van der Waals surface area contributed by atoms with Crippen LogP contribution in [-0.4, -0.2) is 41.9 Å². The Morgan fingerprint density at radius 3 is 3.12 bits per heavy atom. The summed E-state index contributed by atoms with van der Waals surface area (Å²) in [6, 6.07) is 0. The Hall–Kier alpha value is -0.720. The van der Waals surface area contributed by atoms with Gasteiger partial charge in [0.05, 0.1) is 13.2 Å². The first-order valence-corrected chi connectivity index (χ1v) is 6.38. The highest BCUT2D eigenvalue weighted by atomic mass is 32.1. The molecular weight excluding hydrogens is 224 g/mol. The third-order valence-corrected chi connectivity index (χ3v) is 3.58. The number of nitrogens with zero attached hydrogens (tertiary/aromatic N) is 3. The highest BCUT2D eigenvalue weighted by Crippen LogP contribution is 2.20. The van der Waals surface area contributed by atoms with Gasteiger partial charge in [-0.2, -0.15) is 0 Å². The highest BCUT2D eigenvalue weighted by molar-refractivity contribution is 7.15. The maximum absolute atomic E-state index is 5.57. The van der Waals surface area contributed by atoms with Crippen LogP contribution in [0.1, 0.15) is 17.8 Å². The van der Waals surface area contributed by atoms with Crippen molar-refractivity contribution in [3.05, 3.63) is 5.01 Å². The molecule has 1 atom stereocenters. The molecule has 5 nitrogen and oxygen atoms in total. The van der Waals surface area contributed by atoms with Crippen molar-refractivity contribution in [3.8, 4) is 0 Å². The predicted octanol–water partition coefficient (Wildman–Crippen LogP) is 0.979. The number of rotatable bonds is 4. The standard InChI is InChI=1S/C10H18N4OS/c1-15-7-8-3-2-4-14(5-8)6-9-12-13-10(11)16-9/h8H,2-7H2,1H3,(H2,11,13). The summed E-state index contributed by atoms with van der Waals surface area (Å²) in [5, 5.41) is 9.45. The van der Waals surface area contributed by atoms with Gasteiger partial charge in [0, 0.05) is 13.7 Å². The summed E-state index contributed by atoms with van der Waals surface area (Å²) < 4.78 is 5.21. The lowest BCUT2D eigenvalue weighted by Crippen LogP contribution is -2.36. The summed E-state index contributed by atoms with van der Waals surface area (Å²) in [6.07, 6.45) is 2.50. The Balaban J connectivity index is 1.85. The quantitative estimate of drug-likeness (QED) is 0.852. The molecule has 0 aliphatic carbocycles. The molecule has 1 aromatic rings. The van der Waals surface area contributed by atoms with Gasteiger partial charge in [0.2, 0.25) is 5.13 Å². The molecule has 1 saturated heterocycles. The van der Waals surface area contributed by atoms with Gasteiger partial charge in [-0.05, 0) is 25.3 Å². The summed E-state index contributed by atoms with van der Waals surface area (Å²) in [5.74, 6) is 0.656. The van der Waals surface area contributed by atoms with Crippen molar-refractivity contribution in [1.29, 1.82) is 0 Å². The monoisotopic (exact) mass is 242 g/mol. The zero-order valence-electron chi connectivity index (χ0n) is 9.56. The number of ether oxygens (including phenoxy) is 1. The van der Waals surface area contributed by atoms with Crippen LogP contribution < -0.4 is 5.73 Å². The number of nitrogen functional groups attached to an aromatic ring is 1. The number of nitrogens with two attached hydrogens (primary N) is 1. The molecule has 0 aromatic carbocycles. The van der Waals surface area contributed by atoms with E-state index in [9.17, 15) is 0 Å². The summed E-state index contributed by atoms with van der Waals surface area (Å²) in [4.78, 5) is 2.41. The Morgan fingerprint density at radius 1 is 1.56 bits per heavy atom. The van der Waals surface area contributed by atoms with Crippen molar-refractivity contribution in [2.45, 2.75) is 19.4 Å². The zero-order chi connectivity index (χ0) is 11.4. The van der Waals surface area contributed by atoms with Crippen LogP contribution in [0, 0.1) is 5.92 Å². The molecule has 90 valence electrons. The van der Waals surface area contributed by atoms with E-state index in [2.05, 4.69) is 15.1 Å². The summed E-state index contributed by atoms with van der Waals surface area (Å²) >= 11 is 1.48. The molecule has 0 bridgehead atoms. The first kappa shape index (κ1) is 11.8. The molecule has 16 heavy (non-hydrogen) atoms. The lowest BCUT2D eigenvalue weighted by molar-refractivity contribution is 0.0872. The maximum Gasteiger partial charge on any atom is 0.203 e. The van der Waals surface area contributed by atoms with Crippen molar-refractivity contribution >= 4 is 16.5 Å². The van der Waals surface area contributed by atoms with Crippen LogP contribution in [0.15, 0.2) is 0 Å². The SMILES string of the molecule is COCC1CCCN(Cc2nnc(N)s2)C1. The molecule has 2 N–H and O–H groups in total. The number of hydrogen-bond donors (Lipinski definition) is 1. The Labute approximate surface area is 99.6 Å². The van der Waals surface area contributed by atoms with E-state index in [1.54, 1.807) is 7.11 Å². The van der Waals surface area contributed by atoms with Gasteiger partial charge in [-0.1, -0.05) is 11.3 Å². The minimum Gasteiger partial charge on any atom is -0.384 e. The van der Waals surface area contributed by atoms with E-state index in [1.165, 1.54) is 24.2 Å². The van der Waals surface area contributed by atoms with Gasteiger partial charge in [-0.25, -0.2) is 0 Å². The van der Waals surface area contributed by atoms with Crippen LogP contribution in [0.25, 0.3) is 0 Å². The largest absolute Gasteiger partial charge is 0.384 e. The fraction of sp³-hybridized carbons (Fsp3) is 0.800. The molecule has 1 unspecified atom stereocenters. The molecule has 0 spiro atoms. The van der Waals surface area contributed by atoms with Gasteiger partial charge in [0.15, 0.2) is 0 Å². The van der Waals surface area contributed by atoms with E-state index in [4.69, 9.17) is 10.5 Å². The number of anilines is 1. The van der Waals surface area contributed by atoms with Gasteiger partial charge < -0.3 is 10.5 Å². The van der Waals surface area contributed by atoms with Gasteiger partial charge in [0.1, 0.15) is 5.01 Å².